The van der Waals surface area contributed by atoms with E-state index in [0.29, 0.717) is 18.8 Å². The van der Waals surface area contributed by atoms with E-state index in [1.165, 1.54) is 13.2 Å². The SMILES string of the molecule is CCN(CC(NC)(C(=O)OC)C1CC1)c1ccccc1F. The number of ether oxygens (including phenoxy) is 1. The summed E-state index contributed by atoms with van der Waals surface area (Å²) in [6.07, 6.45) is 1.98. The Morgan fingerprint density at radius 3 is 2.62 bits per heavy atom. The van der Waals surface area contributed by atoms with Crippen molar-refractivity contribution in [3.05, 3.63) is 30.1 Å². The normalized spacial score (nSPS) is 17.1. The summed E-state index contributed by atoms with van der Waals surface area (Å²) in [6.45, 7) is 2.98. The van der Waals surface area contributed by atoms with E-state index >= 15 is 0 Å². The zero-order valence-corrected chi connectivity index (χ0v) is 12.9. The molecule has 0 heterocycles. The number of benzene rings is 1. The number of nitrogens with one attached hydrogen (secondary N) is 1. The molecule has 1 saturated carbocycles. The fourth-order valence-electron chi connectivity index (χ4n) is 2.88. The number of methoxy groups -OCH3 is 1. The molecule has 0 bridgehead atoms. The molecule has 0 aromatic heterocycles. The maximum Gasteiger partial charge on any atom is 0.328 e. The summed E-state index contributed by atoms with van der Waals surface area (Å²) in [5, 5.41) is 3.14. The highest BCUT2D eigenvalue weighted by molar-refractivity contribution is 5.83. The minimum atomic E-state index is -0.771. The fraction of sp³-hybridized carbons (Fsp3) is 0.562. The van der Waals surface area contributed by atoms with Gasteiger partial charge in [-0.15, -0.1) is 0 Å². The number of esters is 1. The summed E-state index contributed by atoms with van der Waals surface area (Å²) in [7, 11) is 3.17. The highest BCUT2D eigenvalue weighted by atomic mass is 19.1. The van der Waals surface area contributed by atoms with E-state index in [1.807, 2.05) is 11.8 Å². The molecule has 1 fully saturated rings. The van der Waals surface area contributed by atoms with Crippen LogP contribution in [0.1, 0.15) is 19.8 Å². The monoisotopic (exact) mass is 294 g/mol. The van der Waals surface area contributed by atoms with E-state index in [2.05, 4.69) is 5.32 Å². The van der Waals surface area contributed by atoms with Gasteiger partial charge in [0.05, 0.1) is 12.8 Å². The lowest BCUT2D eigenvalue weighted by molar-refractivity contribution is -0.149. The molecule has 0 amide bonds. The number of carbonyl (C=O) groups excluding carboxylic acids is 1. The van der Waals surface area contributed by atoms with Crippen molar-refractivity contribution in [1.82, 2.24) is 5.32 Å². The number of para-hydroxylation sites is 1. The molecular formula is C16H23FN2O2. The molecule has 0 aliphatic heterocycles. The van der Waals surface area contributed by atoms with Crippen LogP contribution in [0.15, 0.2) is 24.3 Å². The molecule has 4 nitrogen and oxygen atoms in total. The van der Waals surface area contributed by atoms with Crippen LogP contribution in [-0.2, 0) is 9.53 Å². The van der Waals surface area contributed by atoms with E-state index in [1.54, 1.807) is 25.2 Å². The van der Waals surface area contributed by atoms with E-state index < -0.39 is 5.54 Å². The third-order valence-electron chi connectivity index (χ3n) is 4.29. The minimum absolute atomic E-state index is 0.246. The molecule has 0 radical (unpaired) electrons. The highest BCUT2D eigenvalue weighted by Crippen LogP contribution is 2.41. The second-order valence-corrected chi connectivity index (χ2v) is 5.45. The van der Waals surface area contributed by atoms with Crippen LogP contribution in [0, 0.1) is 11.7 Å². The van der Waals surface area contributed by atoms with Crippen LogP contribution >= 0.6 is 0 Å². The predicted octanol–water partition coefficient (Wildman–Crippen LogP) is 2.19. The van der Waals surface area contributed by atoms with Gasteiger partial charge in [-0.2, -0.15) is 0 Å². The number of rotatable bonds is 7. The lowest BCUT2D eigenvalue weighted by Gasteiger charge is -2.37. The molecular weight excluding hydrogens is 271 g/mol. The first kappa shape index (κ1) is 15.8. The van der Waals surface area contributed by atoms with Crippen molar-refractivity contribution in [1.29, 1.82) is 0 Å². The maximum absolute atomic E-state index is 14.0. The maximum atomic E-state index is 14.0. The van der Waals surface area contributed by atoms with Crippen molar-refractivity contribution in [2.75, 3.05) is 32.1 Å². The van der Waals surface area contributed by atoms with Crippen molar-refractivity contribution >= 4 is 11.7 Å². The average Bonchev–Trinajstić information content (AvgIpc) is 3.34. The van der Waals surface area contributed by atoms with E-state index in [0.717, 1.165) is 12.8 Å². The van der Waals surface area contributed by atoms with Gasteiger partial charge < -0.3 is 15.0 Å². The molecule has 0 saturated heterocycles. The van der Waals surface area contributed by atoms with Crippen LogP contribution in [0.5, 0.6) is 0 Å². The quantitative estimate of drug-likeness (QED) is 0.783. The summed E-state index contributed by atoms with van der Waals surface area (Å²) in [5.41, 5.74) is -0.253. The lowest BCUT2D eigenvalue weighted by atomic mass is 9.92. The second kappa shape index (κ2) is 6.43. The Bertz CT molecular complexity index is 505. The second-order valence-electron chi connectivity index (χ2n) is 5.45. The first-order valence-corrected chi connectivity index (χ1v) is 7.35. The third kappa shape index (κ3) is 3.02. The lowest BCUT2D eigenvalue weighted by Crippen LogP contribution is -2.60. The van der Waals surface area contributed by atoms with Gasteiger partial charge in [-0.1, -0.05) is 12.1 Å². The smallest absolute Gasteiger partial charge is 0.328 e. The van der Waals surface area contributed by atoms with Crippen LogP contribution in [0.2, 0.25) is 0 Å². The zero-order chi connectivity index (χ0) is 15.5. The largest absolute Gasteiger partial charge is 0.468 e. The number of hydrogen-bond acceptors (Lipinski definition) is 4. The molecule has 1 aromatic carbocycles. The minimum Gasteiger partial charge on any atom is -0.468 e. The van der Waals surface area contributed by atoms with Crippen LogP contribution in [-0.4, -0.2) is 38.8 Å². The topological polar surface area (TPSA) is 41.6 Å². The summed E-state index contributed by atoms with van der Waals surface area (Å²) < 4.78 is 19.0. The first-order valence-electron chi connectivity index (χ1n) is 7.35. The Hall–Kier alpha value is -1.62. The van der Waals surface area contributed by atoms with Crippen molar-refractivity contribution < 1.29 is 13.9 Å². The number of carbonyl (C=O) groups is 1. The fourth-order valence-corrected chi connectivity index (χ4v) is 2.88. The van der Waals surface area contributed by atoms with Gasteiger partial charge in [-0.25, -0.2) is 9.18 Å². The molecule has 1 aliphatic carbocycles. The van der Waals surface area contributed by atoms with Crippen LogP contribution in [0.3, 0.4) is 0 Å². The van der Waals surface area contributed by atoms with E-state index in [-0.39, 0.29) is 17.7 Å². The molecule has 1 aliphatic rings. The number of nitrogens with zero attached hydrogens (tertiary/aromatic N) is 1. The van der Waals surface area contributed by atoms with Crippen molar-refractivity contribution in [2.24, 2.45) is 5.92 Å². The Morgan fingerprint density at radius 1 is 1.48 bits per heavy atom. The standard InChI is InChI=1S/C16H23FN2O2/c1-4-19(14-8-6-5-7-13(14)17)11-16(18-2,12-9-10-12)15(20)21-3/h5-8,12,18H,4,9-11H2,1-3H3. The molecule has 1 atom stereocenters. The van der Waals surface area contributed by atoms with Crippen molar-refractivity contribution in [2.45, 2.75) is 25.3 Å². The Labute approximate surface area is 125 Å². The van der Waals surface area contributed by atoms with Crippen LogP contribution < -0.4 is 10.2 Å². The van der Waals surface area contributed by atoms with Gasteiger partial charge in [0, 0.05) is 13.1 Å². The van der Waals surface area contributed by atoms with Gasteiger partial charge in [-0.3, -0.25) is 0 Å². The third-order valence-corrected chi connectivity index (χ3v) is 4.29. The van der Waals surface area contributed by atoms with Crippen LogP contribution in [0.25, 0.3) is 0 Å². The van der Waals surface area contributed by atoms with E-state index in [9.17, 15) is 9.18 Å². The van der Waals surface area contributed by atoms with Gasteiger partial charge in [0.2, 0.25) is 0 Å². The molecule has 2 rings (SSSR count). The average molecular weight is 294 g/mol. The van der Waals surface area contributed by atoms with E-state index in [4.69, 9.17) is 4.74 Å². The summed E-state index contributed by atoms with van der Waals surface area (Å²) in [5.74, 6) is -0.303. The van der Waals surface area contributed by atoms with Gasteiger partial charge in [-0.05, 0) is 44.9 Å². The Morgan fingerprint density at radius 2 is 2.14 bits per heavy atom. The Balaban J connectivity index is 2.30. The molecule has 1 N–H and O–H groups in total. The van der Waals surface area contributed by atoms with Crippen molar-refractivity contribution in [3.8, 4) is 0 Å². The predicted molar refractivity (Wildman–Crippen MR) is 80.8 cm³/mol. The van der Waals surface area contributed by atoms with Gasteiger partial charge in [0.1, 0.15) is 11.4 Å². The summed E-state index contributed by atoms with van der Waals surface area (Å²) in [6, 6.07) is 6.65. The van der Waals surface area contributed by atoms with Crippen molar-refractivity contribution in [3.63, 3.8) is 0 Å². The number of halogens is 1. The van der Waals surface area contributed by atoms with Crippen LogP contribution in [0.4, 0.5) is 10.1 Å². The van der Waals surface area contributed by atoms with Gasteiger partial charge >= 0.3 is 5.97 Å². The summed E-state index contributed by atoms with van der Waals surface area (Å²) in [4.78, 5) is 14.2. The number of anilines is 1. The molecule has 1 unspecified atom stereocenters. The molecule has 21 heavy (non-hydrogen) atoms. The first-order chi connectivity index (χ1) is 10.1. The van der Waals surface area contributed by atoms with Gasteiger partial charge in [0.25, 0.3) is 0 Å². The molecule has 1 aromatic rings. The molecule has 5 heteroatoms. The molecule has 0 spiro atoms. The highest BCUT2D eigenvalue weighted by Gasteiger charge is 2.52. The number of hydrogen-bond donors (Lipinski definition) is 1. The number of likely N-dealkylation sites (N-methyl/N-ethyl adjacent to an activating group) is 2. The Kier molecular flexibility index (Phi) is 4.83. The summed E-state index contributed by atoms with van der Waals surface area (Å²) >= 11 is 0. The zero-order valence-electron chi connectivity index (χ0n) is 12.9. The van der Waals surface area contributed by atoms with Gasteiger partial charge in [0.15, 0.2) is 0 Å². The molecule has 116 valence electrons.